The second kappa shape index (κ2) is 7.64. The maximum absolute atomic E-state index is 12.3. The van der Waals surface area contributed by atoms with Gasteiger partial charge in [-0.1, -0.05) is 18.2 Å². The number of carbonyl (C=O) groups excluding carboxylic acids is 1. The molecule has 2 N–H and O–H groups in total. The number of amides is 1. The van der Waals surface area contributed by atoms with Gasteiger partial charge in [-0.2, -0.15) is 0 Å². The average Bonchev–Trinajstić information content (AvgIpc) is 3.33. The number of para-hydroxylation sites is 1. The number of carbonyl (C=O) groups is 2. The van der Waals surface area contributed by atoms with Crippen LogP contribution in [0.3, 0.4) is 0 Å². The summed E-state index contributed by atoms with van der Waals surface area (Å²) in [4.78, 5) is 23.5. The highest BCUT2D eigenvalue weighted by Crippen LogP contribution is 2.30. The summed E-state index contributed by atoms with van der Waals surface area (Å²) in [5, 5.41) is 11.7. The molecule has 0 aromatic heterocycles. The molecule has 0 spiro atoms. The molecule has 5 heteroatoms. The number of aliphatic carboxylic acids is 1. The molecular formula is C17H21NO4. The number of allylic oxidation sites excluding steroid dienone is 1. The quantitative estimate of drug-likeness (QED) is 0.688. The molecule has 1 unspecified atom stereocenters. The van der Waals surface area contributed by atoms with Gasteiger partial charge in [-0.25, -0.2) is 4.79 Å². The van der Waals surface area contributed by atoms with E-state index in [1.165, 1.54) is 0 Å². The molecule has 0 aliphatic heterocycles. The molecule has 1 saturated carbocycles. The molecule has 0 radical (unpaired) electrons. The van der Waals surface area contributed by atoms with E-state index in [1.807, 2.05) is 0 Å². The Bertz CT molecular complexity index is 551. The first kappa shape index (κ1) is 16.1. The first-order valence-electron chi connectivity index (χ1n) is 7.48. The lowest BCUT2D eigenvalue weighted by Gasteiger charge is -2.15. The molecule has 0 heterocycles. The summed E-state index contributed by atoms with van der Waals surface area (Å²) in [5.74, 6) is -0.398. The van der Waals surface area contributed by atoms with Crippen molar-refractivity contribution in [2.24, 2.45) is 5.92 Å². The van der Waals surface area contributed by atoms with Gasteiger partial charge in [0.25, 0.3) is 5.91 Å². The maximum Gasteiger partial charge on any atom is 0.326 e. The molecule has 1 aromatic carbocycles. The Morgan fingerprint density at radius 2 is 2.14 bits per heavy atom. The molecule has 1 aromatic rings. The van der Waals surface area contributed by atoms with Crippen LogP contribution in [0, 0.1) is 5.92 Å². The van der Waals surface area contributed by atoms with Gasteiger partial charge >= 0.3 is 5.97 Å². The molecular weight excluding hydrogens is 282 g/mol. The predicted octanol–water partition coefficient (Wildman–Crippen LogP) is 2.62. The van der Waals surface area contributed by atoms with Gasteiger partial charge in [0.15, 0.2) is 0 Å². The Balaban J connectivity index is 2.03. The number of rotatable bonds is 9. The number of hydrogen-bond acceptors (Lipinski definition) is 3. The molecule has 118 valence electrons. The Kier molecular flexibility index (Phi) is 5.58. The SMILES string of the molecule is C=CCCC(NC(=O)c1ccccc1OCC1CC1)C(=O)O. The average molecular weight is 303 g/mol. The summed E-state index contributed by atoms with van der Waals surface area (Å²) in [5.41, 5.74) is 0.369. The molecule has 22 heavy (non-hydrogen) atoms. The fourth-order valence-corrected chi connectivity index (χ4v) is 2.05. The van der Waals surface area contributed by atoms with Crippen molar-refractivity contribution in [2.75, 3.05) is 6.61 Å². The molecule has 2 rings (SSSR count). The van der Waals surface area contributed by atoms with Crippen molar-refractivity contribution in [1.29, 1.82) is 0 Å². The largest absolute Gasteiger partial charge is 0.492 e. The summed E-state index contributed by atoms with van der Waals surface area (Å²) < 4.78 is 5.68. The maximum atomic E-state index is 12.3. The van der Waals surface area contributed by atoms with E-state index in [0.717, 1.165) is 12.8 Å². The minimum atomic E-state index is -1.05. The Labute approximate surface area is 130 Å². The number of ether oxygens (including phenoxy) is 1. The lowest BCUT2D eigenvalue weighted by molar-refractivity contribution is -0.139. The van der Waals surface area contributed by atoms with E-state index in [2.05, 4.69) is 11.9 Å². The fourth-order valence-electron chi connectivity index (χ4n) is 2.05. The summed E-state index contributed by atoms with van der Waals surface area (Å²) in [6.45, 7) is 4.16. The lowest BCUT2D eigenvalue weighted by Crippen LogP contribution is -2.40. The number of carboxylic acid groups (broad SMARTS) is 1. The third-order valence-corrected chi connectivity index (χ3v) is 3.57. The molecule has 0 bridgehead atoms. The number of nitrogens with one attached hydrogen (secondary N) is 1. The first-order chi connectivity index (χ1) is 10.6. The number of carboxylic acids is 1. The van der Waals surface area contributed by atoms with E-state index < -0.39 is 17.9 Å². The van der Waals surface area contributed by atoms with Gasteiger partial charge in [0.05, 0.1) is 12.2 Å². The lowest BCUT2D eigenvalue weighted by atomic mass is 10.1. The zero-order chi connectivity index (χ0) is 15.9. The normalized spacial score (nSPS) is 14.9. The van der Waals surface area contributed by atoms with Crippen molar-refractivity contribution < 1.29 is 19.4 Å². The van der Waals surface area contributed by atoms with Crippen LogP contribution in [0.2, 0.25) is 0 Å². The van der Waals surface area contributed by atoms with Gasteiger partial charge in [0.2, 0.25) is 0 Å². The molecule has 1 amide bonds. The van der Waals surface area contributed by atoms with Gasteiger partial charge in [0, 0.05) is 0 Å². The van der Waals surface area contributed by atoms with Crippen LogP contribution >= 0.6 is 0 Å². The molecule has 0 saturated heterocycles. The zero-order valence-corrected chi connectivity index (χ0v) is 12.5. The van der Waals surface area contributed by atoms with Crippen LogP contribution in [0.4, 0.5) is 0 Å². The van der Waals surface area contributed by atoms with Crippen LogP contribution in [0.25, 0.3) is 0 Å². The Hall–Kier alpha value is -2.30. The Morgan fingerprint density at radius 3 is 2.77 bits per heavy atom. The number of benzene rings is 1. The molecule has 1 aliphatic carbocycles. The van der Waals surface area contributed by atoms with Crippen molar-refractivity contribution >= 4 is 11.9 Å². The van der Waals surface area contributed by atoms with E-state index in [0.29, 0.717) is 36.7 Å². The second-order valence-electron chi connectivity index (χ2n) is 5.48. The van der Waals surface area contributed by atoms with E-state index in [-0.39, 0.29) is 0 Å². The smallest absolute Gasteiger partial charge is 0.326 e. The minimum Gasteiger partial charge on any atom is -0.492 e. The van der Waals surface area contributed by atoms with Crippen molar-refractivity contribution in [3.63, 3.8) is 0 Å². The summed E-state index contributed by atoms with van der Waals surface area (Å²) in [7, 11) is 0. The highest BCUT2D eigenvalue weighted by Gasteiger charge is 2.24. The van der Waals surface area contributed by atoms with E-state index in [9.17, 15) is 9.59 Å². The summed E-state index contributed by atoms with van der Waals surface area (Å²) in [6, 6.07) is 5.98. The van der Waals surface area contributed by atoms with Gasteiger partial charge in [0.1, 0.15) is 11.8 Å². The van der Waals surface area contributed by atoms with E-state index in [4.69, 9.17) is 9.84 Å². The molecule has 5 nitrogen and oxygen atoms in total. The van der Waals surface area contributed by atoms with E-state index >= 15 is 0 Å². The van der Waals surface area contributed by atoms with E-state index in [1.54, 1.807) is 30.3 Å². The van der Waals surface area contributed by atoms with Gasteiger partial charge in [-0.15, -0.1) is 6.58 Å². The van der Waals surface area contributed by atoms with Crippen molar-refractivity contribution in [3.05, 3.63) is 42.5 Å². The van der Waals surface area contributed by atoms with Crippen LogP contribution < -0.4 is 10.1 Å². The van der Waals surface area contributed by atoms with Crippen LogP contribution in [-0.2, 0) is 4.79 Å². The minimum absolute atomic E-state index is 0.315. The van der Waals surface area contributed by atoms with Gasteiger partial charge < -0.3 is 15.2 Å². The predicted molar refractivity (Wildman–Crippen MR) is 83.0 cm³/mol. The molecule has 1 atom stereocenters. The van der Waals surface area contributed by atoms with Crippen molar-refractivity contribution in [3.8, 4) is 5.75 Å². The van der Waals surface area contributed by atoms with Gasteiger partial charge in [-0.05, 0) is 43.7 Å². The highest BCUT2D eigenvalue weighted by atomic mass is 16.5. The third kappa shape index (κ3) is 4.62. The van der Waals surface area contributed by atoms with Gasteiger partial charge in [-0.3, -0.25) is 4.79 Å². The summed E-state index contributed by atoms with van der Waals surface area (Å²) >= 11 is 0. The molecule has 1 fully saturated rings. The topological polar surface area (TPSA) is 75.6 Å². The van der Waals surface area contributed by atoms with Crippen LogP contribution in [0.1, 0.15) is 36.0 Å². The standard InChI is InChI=1S/C17H21NO4/c1-2-3-7-14(17(20)21)18-16(19)13-6-4-5-8-15(13)22-11-12-9-10-12/h2,4-6,8,12,14H,1,3,7,9-11H2,(H,18,19)(H,20,21). The molecule has 1 aliphatic rings. The number of hydrogen-bond donors (Lipinski definition) is 2. The Morgan fingerprint density at radius 1 is 1.41 bits per heavy atom. The van der Waals surface area contributed by atoms with Crippen LogP contribution in [-0.4, -0.2) is 29.6 Å². The second-order valence-corrected chi connectivity index (χ2v) is 5.48. The highest BCUT2D eigenvalue weighted by molar-refractivity contribution is 5.98. The van der Waals surface area contributed by atoms with Crippen molar-refractivity contribution in [2.45, 2.75) is 31.7 Å². The zero-order valence-electron chi connectivity index (χ0n) is 12.5. The van der Waals surface area contributed by atoms with Crippen LogP contribution in [0.5, 0.6) is 5.75 Å². The summed E-state index contributed by atoms with van der Waals surface area (Å²) in [6.07, 6.45) is 4.80. The first-order valence-corrected chi connectivity index (χ1v) is 7.48. The fraction of sp³-hybridized carbons (Fsp3) is 0.412. The third-order valence-electron chi connectivity index (χ3n) is 3.57. The monoisotopic (exact) mass is 303 g/mol. The van der Waals surface area contributed by atoms with Crippen LogP contribution in [0.15, 0.2) is 36.9 Å². The van der Waals surface area contributed by atoms with Crippen molar-refractivity contribution in [1.82, 2.24) is 5.32 Å².